The standard InChI is InChI=1S/C15H19N3OS2/c1-18(7-6-13-3-2-8-20-13)15(19)16-9-12-10-21-14(17-12)11-4-5-11/h2-3,8,10-11H,4-7,9H2,1H3,(H,16,19). The molecule has 0 unspecified atom stereocenters. The van der Waals surface area contributed by atoms with Crippen molar-refractivity contribution in [1.82, 2.24) is 15.2 Å². The van der Waals surface area contributed by atoms with E-state index >= 15 is 0 Å². The van der Waals surface area contributed by atoms with E-state index in [-0.39, 0.29) is 6.03 Å². The van der Waals surface area contributed by atoms with E-state index in [2.05, 4.69) is 27.1 Å². The van der Waals surface area contributed by atoms with E-state index in [9.17, 15) is 4.79 Å². The van der Waals surface area contributed by atoms with Gasteiger partial charge in [-0.15, -0.1) is 22.7 Å². The summed E-state index contributed by atoms with van der Waals surface area (Å²) in [6, 6.07) is 4.11. The van der Waals surface area contributed by atoms with Gasteiger partial charge in [-0.3, -0.25) is 0 Å². The van der Waals surface area contributed by atoms with Gasteiger partial charge in [-0.25, -0.2) is 9.78 Å². The monoisotopic (exact) mass is 321 g/mol. The van der Waals surface area contributed by atoms with Crippen molar-refractivity contribution in [2.45, 2.75) is 31.7 Å². The highest BCUT2D eigenvalue weighted by Gasteiger charge is 2.26. The summed E-state index contributed by atoms with van der Waals surface area (Å²) in [6.07, 6.45) is 3.44. The Balaban J connectivity index is 1.42. The third kappa shape index (κ3) is 4.04. The van der Waals surface area contributed by atoms with Gasteiger partial charge in [0.2, 0.25) is 0 Å². The van der Waals surface area contributed by atoms with Crippen LogP contribution in [0.4, 0.5) is 4.79 Å². The molecule has 0 aliphatic heterocycles. The molecule has 112 valence electrons. The number of rotatable bonds is 6. The van der Waals surface area contributed by atoms with Crippen molar-refractivity contribution >= 4 is 28.7 Å². The molecule has 0 aromatic carbocycles. The Morgan fingerprint density at radius 1 is 1.48 bits per heavy atom. The summed E-state index contributed by atoms with van der Waals surface area (Å²) in [7, 11) is 1.83. The third-order valence-corrected chi connectivity index (χ3v) is 5.53. The molecule has 4 nitrogen and oxygen atoms in total. The number of carbonyl (C=O) groups excluding carboxylic acids is 1. The molecule has 1 aliphatic rings. The summed E-state index contributed by atoms with van der Waals surface area (Å²) < 4.78 is 0. The second-order valence-electron chi connectivity index (χ2n) is 5.36. The molecule has 0 bridgehead atoms. The first-order chi connectivity index (χ1) is 10.2. The maximum Gasteiger partial charge on any atom is 0.317 e. The molecule has 0 radical (unpaired) electrons. The zero-order chi connectivity index (χ0) is 14.7. The first-order valence-electron chi connectivity index (χ1n) is 7.18. The van der Waals surface area contributed by atoms with Crippen LogP contribution >= 0.6 is 22.7 Å². The van der Waals surface area contributed by atoms with Gasteiger partial charge >= 0.3 is 6.03 Å². The van der Waals surface area contributed by atoms with E-state index in [1.807, 2.05) is 13.1 Å². The summed E-state index contributed by atoms with van der Waals surface area (Å²) in [5.41, 5.74) is 0.974. The van der Waals surface area contributed by atoms with E-state index in [1.165, 1.54) is 22.7 Å². The van der Waals surface area contributed by atoms with Crippen LogP contribution in [-0.4, -0.2) is 29.5 Å². The van der Waals surface area contributed by atoms with E-state index in [0.29, 0.717) is 12.5 Å². The fourth-order valence-corrected chi connectivity index (χ4v) is 3.75. The minimum absolute atomic E-state index is 0.0347. The number of thiophene rings is 1. The molecule has 2 heterocycles. The molecule has 3 rings (SSSR count). The first kappa shape index (κ1) is 14.5. The highest BCUT2D eigenvalue weighted by atomic mass is 32.1. The quantitative estimate of drug-likeness (QED) is 0.885. The van der Waals surface area contributed by atoms with Gasteiger partial charge in [-0.2, -0.15) is 0 Å². The van der Waals surface area contributed by atoms with Crippen LogP contribution < -0.4 is 5.32 Å². The number of hydrogen-bond acceptors (Lipinski definition) is 4. The van der Waals surface area contributed by atoms with Crippen molar-refractivity contribution in [2.24, 2.45) is 0 Å². The van der Waals surface area contributed by atoms with Crippen molar-refractivity contribution in [2.75, 3.05) is 13.6 Å². The number of carbonyl (C=O) groups is 1. The van der Waals surface area contributed by atoms with Crippen LogP contribution in [0.2, 0.25) is 0 Å². The predicted molar refractivity (Wildman–Crippen MR) is 87.0 cm³/mol. The lowest BCUT2D eigenvalue weighted by atomic mass is 10.3. The average molecular weight is 321 g/mol. The number of likely N-dealkylation sites (N-methyl/N-ethyl adjacent to an activating group) is 1. The average Bonchev–Trinajstić information content (AvgIpc) is 3.03. The lowest BCUT2D eigenvalue weighted by Crippen LogP contribution is -2.37. The number of thiazole rings is 1. The van der Waals surface area contributed by atoms with Crippen LogP contribution in [0.3, 0.4) is 0 Å². The second-order valence-corrected chi connectivity index (χ2v) is 7.28. The Labute approximate surface area is 132 Å². The largest absolute Gasteiger partial charge is 0.332 e. The maximum absolute atomic E-state index is 12.0. The number of hydrogen-bond donors (Lipinski definition) is 1. The van der Waals surface area contributed by atoms with Gasteiger partial charge in [0.1, 0.15) is 0 Å². The Hall–Kier alpha value is -1.40. The molecular formula is C15H19N3OS2. The Kier molecular flexibility index (Phi) is 4.55. The molecule has 0 saturated heterocycles. The Morgan fingerprint density at radius 3 is 3.05 bits per heavy atom. The summed E-state index contributed by atoms with van der Waals surface area (Å²) in [5, 5.41) is 8.28. The van der Waals surface area contributed by atoms with Crippen LogP contribution in [-0.2, 0) is 13.0 Å². The molecule has 2 amide bonds. The Bertz CT molecular complexity index is 590. The van der Waals surface area contributed by atoms with Crippen molar-refractivity contribution in [3.8, 4) is 0 Å². The van der Waals surface area contributed by atoms with E-state index < -0.39 is 0 Å². The van der Waals surface area contributed by atoms with Gasteiger partial charge in [0.15, 0.2) is 0 Å². The smallest absolute Gasteiger partial charge is 0.317 e. The van der Waals surface area contributed by atoms with E-state index in [0.717, 1.165) is 18.7 Å². The molecule has 1 fully saturated rings. The molecule has 1 N–H and O–H groups in total. The van der Waals surface area contributed by atoms with Gasteiger partial charge in [0.25, 0.3) is 0 Å². The first-order valence-corrected chi connectivity index (χ1v) is 8.94. The molecule has 1 saturated carbocycles. The summed E-state index contributed by atoms with van der Waals surface area (Å²) in [4.78, 5) is 19.6. The molecule has 2 aromatic heterocycles. The summed E-state index contributed by atoms with van der Waals surface area (Å²) >= 11 is 3.45. The van der Waals surface area contributed by atoms with Crippen molar-refractivity contribution in [3.05, 3.63) is 38.5 Å². The highest BCUT2D eigenvalue weighted by molar-refractivity contribution is 7.10. The fraction of sp³-hybridized carbons (Fsp3) is 0.467. The summed E-state index contributed by atoms with van der Waals surface area (Å²) in [5.74, 6) is 0.688. The minimum atomic E-state index is -0.0347. The molecule has 0 atom stereocenters. The van der Waals surface area contributed by atoms with Crippen molar-refractivity contribution in [1.29, 1.82) is 0 Å². The second kappa shape index (κ2) is 6.58. The van der Waals surface area contributed by atoms with Crippen LogP contribution in [0.1, 0.15) is 34.3 Å². The summed E-state index contributed by atoms with van der Waals surface area (Å²) in [6.45, 7) is 1.25. The van der Waals surface area contributed by atoms with Crippen LogP contribution in [0, 0.1) is 0 Å². The highest BCUT2D eigenvalue weighted by Crippen LogP contribution is 2.41. The number of aromatic nitrogens is 1. The third-order valence-electron chi connectivity index (χ3n) is 3.54. The SMILES string of the molecule is CN(CCc1cccs1)C(=O)NCc1csc(C2CC2)n1. The van der Waals surface area contributed by atoms with Crippen LogP contribution in [0.25, 0.3) is 0 Å². The van der Waals surface area contributed by atoms with Gasteiger partial charge in [-0.1, -0.05) is 6.07 Å². The zero-order valence-corrected chi connectivity index (χ0v) is 13.7. The number of urea groups is 1. The lowest BCUT2D eigenvalue weighted by molar-refractivity contribution is 0.209. The number of amides is 2. The fourth-order valence-electron chi connectivity index (χ4n) is 2.06. The van der Waals surface area contributed by atoms with Crippen LogP contribution in [0.5, 0.6) is 0 Å². The minimum Gasteiger partial charge on any atom is -0.332 e. The molecule has 2 aromatic rings. The van der Waals surface area contributed by atoms with Crippen LogP contribution in [0.15, 0.2) is 22.9 Å². The molecule has 21 heavy (non-hydrogen) atoms. The predicted octanol–water partition coefficient (Wildman–Crippen LogP) is 3.47. The molecule has 0 spiro atoms. The van der Waals surface area contributed by atoms with E-state index in [4.69, 9.17) is 0 Å². The molecule has 1 aliphatic carbocycles. The maximum atomic E-state index is 12.0. The van der Waals surface area contributed by atoms with Gasteiger partial charge in [0.05, 0.1) is 17.2 Å². The van der Waals surface area contributed by atoms with Gasteiger partial charge < -0.3 is 10.2 Å². The number of nitrogens with zero attached hydrogens (tertiary/aromatic N) is 2. The van der Waals surface area contributed by atoms with Crippen molar-refractivity contribution < 1.29 is 4.79 Å². The molecular weight excluding hydrogens is 302 g/mol. The molecule has 6 heteroatoms. The van der Waals surface area contributed by atoms with Gasteiger partial charge in [-0.05, 0) is 30.7 Å². The van der Waals surface area contributed by atoms with Crippen molar-refractivity contribution in [3.63, 3.8) is 0 Å². The lowest BCUT2D eigenvalue weighted by Gasteiger charge is -2.17. The van der Waals surface area contributed by atoms with Gasteiger partial charge in [0, 0.05) is 29.8 Å². The Morgan fingerprint density at radius 2 is 2.33 bits per heavy atom. The number of nitrogens with one attached hydrogen (secondary N) is 1. The normalized spacial score (nSPS) is 14.1. The zero-order valence-electron chi connectivity index (χ0n) is 12.0. The van der Waals surface area contributed by atoms with E-state index in [1.54, 1.807) is 27.6 Å². The topological polar surface area (TPSA) is 45.2 Å².